The van der Waals surface area contributed by atoms with Gasteiger partial charge in [0, 0.05) is 7.05 Å². The molecule has 0 bridgehead atoms. The molecule has 0 aromatic carbocycles. The van der Waals surface area contributed by atoms with Crippen molar-refractivity contribution in [2.24, 2.45) is 5.41 Å². The van der Waals surface area contributed by atoms with E-state index in [1.165, 1.54) is 20.9 Å². The minimum absolute atomic E-state index is 0.515. The van der Waals surface area contributed by atoms with E-state index in [0.717, 1.165) is 4.90 Å². The average Bonchev–Trinajstić information content (AvgIpc) is 2.47. The number of β-lactam (4-membered cyclic amide) rings is 6. The lowest BCUT2D eigenvalue weighted by atomic mass is 9.79. The maximum atomic E-state index is 12.0. The Labute approximate surface area is 118 Å². The summed E-state index contributed by atoms with van der Waals surface area (Å²) < 4.78 is 0. The van der Waals surface area contributed by atoms with Gasteiger partial charge in [0.25, 0.3) is 23.6 Å². The molecular formula is C12H11N3O6. The van der Waals surface area contributed by atoms with Gasteiger partial charge in [0.2, 0.25) is 11.8 Å². The summed E-state index contributed by atoms with van der Waals surface area (Å²) in [5.74, 6) is -4.33. The van der Waals surface area contributed by atoms with Gasteiger partial charge in [-0.05, 0) is 13.8 Å². The molecule has 3 saturated heterocycles. The number of amides is 6. The molecule has 0 aromatic heterocycles. The van der Waals surface area contributed by atoms with Crippen molar-refractivity contribution in [3.05, 3.63) is 0 Å². The van der Waals surface area contributed by atoms with Gasteiger partial charge in [0.1, 0.15) is 5.41 Å². The number of carbonyl (C=O) groups is 6. The molecule has 0 aromatic rings. The first kappa shape index (κ1) is 13.4. The minimum Gasteiger partial charge on any atom is -0.281 e. The van der Waals surface area contributed by atoms with Gasteiger partial charge in [-0.25, -0.2) is 0 Å². The molecule has 0 N–H and O–H groups in total. The van der Waals surface area contributed by atoms with Crippen LogP contribution in [0.3, 0.4) is 0 Å². The van der Waals surface area contributed by atoms with E-state index in [4.69, 9.17) is 0 Å². The first-order valence-corrected chi connectivity index (χ1v) is 6.18. The van der Waals surface area contributed by atoms with Gasteiger partial charge in [-0.2, -0.15) is 0 Å². The highest BCUT2D eigenvalue weighted by molar-refractivity contribution is 6.35. The number of rotatable bonds is 2. The van der Waals surface area contributed by atoms with Gasteiger partial charge < -0.3 is 0 Å². The standard InChI is InChI=1S/C12H11N3O6/c1-12(2)10(20)15(11(12)21)5-8(18)14(9(5)19)4-6(16)13(3)7(4)17/h4-5H,1-3H3. The number of imide groups is 3. The molecule has 3 aliphatic rings. The van der Waals surface area contributed by atoms with Crippen LogP contribution >= 0.6 is 0 Å². The molecule has 9 heteroatoms. The van der Waals surface area contributed by atoms with Gasteiger partial charge >= 0.3 is 0 Å². The number of hydrogen-bond donors (Lipinski definition) is 0. The van der Waals surface area contributed by atoms with E-state index in [0.29, 0.717) is 9.80 Å². The van der Waals surface area contributed by atoms with E-state index >= 15 is 0 Å². The van der Waals surface area contributed by atoms with Crippen LogP contribution in [-0.4, -0.2) is 69.3 Å². The van der Waals surface area contributed by atoms with Crippen LogP contribution in [0.4, 0.5) is 0 Å². The van der Waals surface area contributed by atoms with E-state index < -0.39 is 52.9 Å². The van der Waals surface area contributed by atoms with Gasteiger partial charge in [-0.15, -0.1) is 0 Å². The van der Waals surface area contributed by atoms with E-state index in [1.54, 1.807) is 0 Å². The fraction of sp³-hybridized carbons (Fsp3) is 0.500. The molecule has 0 spiro atoms. The van der Waals surface area contributed by atoms with Crippen LogP contribution in [0.2, 0.25) is 0 Å². The summed E-state index contributed by atoms with van der Waals surface area (Å²) in [4.78, 5) is 72.5. The Morgan fingerprint density at radius 3 is 1.52 bits per heavy atom. The van der Waals surface area contributed by atoms with Crippen LogP contribution in [-0.2, 0) is 28.8 Å². The highest BCUT2D eigenvalue weighted by Gasteiger charge is 2.68. The Morgan fingerprint density at radius 1 is 0.714 bits per heavy atom. The number of nitrogens with zero attached hydrogens (tertiary/aromatic N) is 3. The average molecular weight is 293 g/mol. The molecule has 0 saturated carbocycles. The highest BCUT2D eigenvalue weighted by Crippen LogP contribution is 2.38. The highest BCUT2D eigenvalue weighted by atomic mass is 16.2. The van der Waals surface area contributed by atoms with Gasteiger partial charge in [0.05, 0.1) is 0 Å². The lowest BCUT2D eigenvalue weighted by molar-refractivity contribution is -0.196. The van der Waals surface area contributed by atoms with Crippen molar-refractivity contribution < 1.29 is 28.8 Å². The maximum Gasteiger partial charge on any atom is 0.263 e. The second kappa shape index (κ2) is 3.54. The second-order valence-electron chi connectivity index (χ2n) is 5.69. The Morgan fingerprint density at radius 2 is 1.10 bits per heavy atom. The van der Waals surface area contributed by atoms with Crippen LogP contribution in [0.25, 0.3) is 0 Å². The Balaban J connectivity index is 1.80. The van der Waals surface area contributed by atoms with Crippen molar-refractivity contribution in [3.63, 3.8) is 0 Å². The van der Waals surface area contributed by atoms with Crippen molar-refractivity contribution in [1.82, 2.24) is 14.7 Å². The molecule has 21 heavy (non-hydrogen) atoms. The van der Waals surface area contributed by atoms with Gasteiger partial charge in [-0.1, -0.05) is 0 Å². The summed E-state index contributed by atoms with van der Waals surface area (Å²) in [5.41, 5.74) is -1.25. The first-order chi connectivity index (χ1) is 9.62. The maximum absolute atomic E-state index is 12.0. The molecule has 3 aliphatic heterocycles. The molecule has 3 rings (SSSR count). The summed E-state index contributed by atoms with van der Waals surface area (Å²) in [6.07, 6.45) is 0. The van der Waals surface area contributed by atoms with Crippen molar-refractivity contribution in [3.8, 4) is 0 Å². The molecule has 0 aliphatic carbocycles. The van der Waals surface area contributed by atoms with Crippen LogP contribution in [0.15, 0.2) is 0 Å². The lowest BCUT2D eigenvalue weighted by Gasteiger charge is -2.52. The summed E-state index contributed by atoms with van der Waals surface area (Å²) in [5, 5.41) is 0. The third-order valence-corrected chi connectivity index (χ3v) is 4.10. The van der Waals surface area contributed by atoms with Crippen molar-refractivity contribution in [2.45, 2.75) is 25.9 Å². The number of likely N-dealkylation sites (tertiary alicyclic amines) is 3. The summed E-state index contributed by atoms with van der Waals surface area (Å²) >= 11 is 0. The number of likely N-dealkylation sites (N-methyl/N-ethyl adjacent to an activating group) is 1. The SMILES string of the molecule is CN1C(=O)C(N2C(=O)C(N3C(=O)C(C)(C)C3=O)C2=O)C1=O. The molecule has 0 radical (unpaired) electrons. The molecule has 9 nitrogen and oxygen atoms in total. The molecule has 3 heterocycles. The van der Waals surface area contributed by atoms with Gasteiger partial charge in [-0.3, -0.25) is 43.5 Å². The molecule has 3 fully saturated rings. The van der Waals surface area contributed by atoms with E-state index in [1.807, 2.05) is 0 Å². The molecule has 6 amide bonds. The topological polar surface area (TPSA) is 112 Å². The first-order valence-electron chi connectivity index (χ1n) is 6.18. The Bertz CT molecular complexity index is 616. The zero-order valence-electron chi connectivity index (χ0n) is 11.4. The van der Waals surface area contributed by atoms with Crippen LogP contribution in [0.1, 0.15) is 13.8 Å². The third-order valence-electron chi connectivity index (χ3n) is 4.10. The minimum atomic E-state index is -1.54. The molecular weight excluding hydrogens is 282 g/mol. The van der Waals surface area contributed by atoms with Crippen LogP contribution in [0, 0.1) is 5.41 Å². The lowest BCUT2D eigenvalue weighted by Crippen LogP contribution is -2.82. The van der Waals surface area contributed by atoms with Crippen molar-refractivity contribution >= 4 is 35.4 Å². The fourth-order valence-corrected chi connectivity index (χ4v) is 2.59. The molecule has 0 atom stereocenters. The molecule has 110 valence electrons. The van der Waals surface area contributed by atoms with Crippen molar-refractivity contribution in [1.29, 1.82) is 0 Å². The monoisotopic (exact) mass is 293 g/mol. The normalized spacial score (nSPS) is 26.1. The summed E-state index contributed by atoms with van der Waals surface area (Å²) in [6.45, 7) is 2.79. The van der Waals surface area contributed by atoms with E-state index in [2.05, 4.69) is 0 Å². The predicted molar refractivity (Wildman–Crippen MR) is 62.8 cm³/mol. The van der Waals surface area contributed by atoms with Crippen LogP contribution in [0.5, 0.6) is 0 Å². The fourth-order valence-electron chi connectivity index (χ4n) is 2.59. The smallest absolute Gasteiger partial charge is 0.263 e. The van der Waals surface area contributed by atoms with Crippen LogP contribution < -0.4 is 0 Å². The molecule has 0 unspecified atom stereocenters. The van der Waals surface area contributed by atoms with Crippen molar-refractivity contribution in [2.75, 3.05) is 7.05 Å². The van der Waals surface area contributed by atoms with E-state index in [-0.39, 0.29) is 0 Å². The largest absolute Gasteiger partial charge is 0.281 e. The third kappa shape index (κ3) is 1.26. The predicted octanol–water partition coefficient (Wildman–Crippen LogP) is -2.51. The Kier molecular flexibility index (Phi) is 2.26. The summed E-state index contributed by atoms with van der Waals surface area (Å²) in [6, 6.07) is -2.99. The van der Waals surface area contributed by atoms with Gasteiger partial charge in [0.15, 0.2) is 12.1 Å². The number of hydrogen-bond acceptors (Lipinski definition) is 6. The summed E-state index contributed by atoms with van der Waals surface area (Å²) in [7, 11) is 1.23. The zero-order chi connectivity index (χ0) is 15.9. The second-order valence-corrected chi connectivity index (χ2v) is 5.69. The van der Waals surface area contributed by atoms with E-state index in [9.17, 15) is 28.8 Å². The zero-order valence-corrected chi connectivity index (χ0v) is 11.4. The number of carbonyl (C=O) groups excluding carboxylic acids is 6. The quantitative estimate of drug-likeness (QED) is 0.410. The Hall–Kier alpha value is -2.58.